The zero-order valence-electron chi connectivity index (χ0n) is 14.1. The monoisotopic (exact) mass is 345 g/mol. The molecule has 2 rings (SSSR count). The second-order valence-electron chi connectivity index (χ2n) is 5.67. The van der Waals surface area contributed by atoms with Gasteiger partial charge >= 0.3 is 12.0 Å². The van der Waals surface area contributed by atoms with Gasteiger partial charge in [0.25, 0.3) is 0 Å². The molecule has 0 saturated carbocycles. The smallest absolute Gasteiger partial charge is 0.326 e. The summed E-state index contributed by atoms with van der Waals surface area (Å²) in [4.78, 5) is 29.7. The first kappa shape index (κ1) is 18.3. The summed E-state index contributed by atoms with van der Waals surface area (Å²) in [7, 11) is 0. The lowest BCUT2D eigenvalue weighted by Gasteiger charge is -2.14. The van der Waals surface area contributed by atoms with Crippen molar-refractivity contribution in [2.75, 3.05) is 18.4 Å². The number of amides is 2. The van der Waals surface area contributed by atoms with E-state index in [1.165, 1.54) is 12.5 Å². The maximum absolute atomic E-state index is 11.8. The third-order valence-corrected chi connectivity index (χ3v) is 3.68. The van der Waals surface area contributed by atoms with Crippen LogP contribution in [0.2, 0.25) is 0 Å². The number of H-pyrrole nitrogens is 1. The third kappa shape index (κ3) is 6.17. The fraction of sp³-hybridized carbons (Fsp3) is 0.353. The Labute approximate surface area is 146 Å². The molecule has 1 unspecified atom stereocenters. The zero-order valence-corrected chi connectivity index (χ0v) is 14.1. The van der Waals surface area contributed by atoms with Crippen molar-refractivity contribution in [2.24, 2.45) is 0 Å². The second-order valence-corrected chi connectivity index (χ2v) is 5.67. The highest BCUT2D eigenvalue weighted by Gasteiger charge is 2.20. The number of nitrogens with zero attached hydrogens (tertiary/aromatic N) is 1. The number of urea groups is 1. The molecule has 8 heteroatoms. The molecule has 2 amide bonds. The molecule has 25 heavy (non-hydrogen) atoms. The van der Waals surface area contributed by atoms with Gasteiger partial charge in [-0.2, -0.15) is 0 Å². The van der Waals surface area contributed by atoms with Gasteiger partial charge in [-0.15, -0.1) is 0 Å². The van der Waals surface area contributed by atoms with Gasteiger partial charge < -0.3 is 26.0 Å². The van der Waals surface area contributed by atoms with Crippen LogP contribution >= 0.6 is 0 Å². The SMILES string of the molecule is Cc1ccccc1NCCCNC(=O)NC(Cc1cnc[nH]1)C(=O)O. The highest BCUT2D eigenvalue weighted by molar-refractivity contribution is 5.82. The molecule has 0 saturated heterocycles. The number of aromatic amines is 1. The number of para-hydroxylation sites is 1. The Bertz CT molecular complexity index is 687. The van der Waals surface area contributed by atoms with Crippen LogP contribution in [0.4, 0.5) is 10.5 Å². The third-order valence-electron chi connectivity index (χ3n) is 3.68. The normalized spacial score (nSPS) is 11.6. The molecule has 0 radical (unpaired) electrons. The van der Waals surface area contributed by atoms with Gasteiger partial charge in [-0.1, -0.05) is 18.2 Å². The van der Waals surface area contributed by atoms with Crippen molar-refractivity contribution in [3.8, 4) is 0 Å². The molecule has 1 heterocycles. The molecular formula is C17H23N5O3. The van der Waals surface area contributed by atoms with Crippen LogP contribution in [0, 0.1) is 6.92 Å². The van der Waals surface area contributed by atoms with Crippen molar-refractivity contribution in [1.29, 1.82) is 0 Å². The number of anilines is 1. The van der Waals surface area contributed by atoms with Gasteiger partial charge in [-0.25, -0.2) is 14.6 Å². The van der Waals surface area contributed by atoms with Crippen LogP contribution in [-0.2, 0) is 11.2 Å². The number of aromatic nitrogens is 2. The Morgan fingerprint density at radius 2 is 2.08 bits per heavy atom. The zero-order chi connectivity index (χ0) is 18.1. The van der Waals surface area contributed by atoms with Gasteiger partial charge in [0.2, 0.25) is 0 Å². The van der Waals surface area contributed by atoms with Gasteiger partial charge in [0, 0.05) is 37.1 Å². The number of nitrogens with one attached hydrogen (secondary N) is 4. The summed E-state index contributed by atoms with van der Waals surface area (Å²) in [5.41, 5.74) is 2.88. The minimum absolute atomic E-state index is 0.150. The Hall–Kier alpha value is -3.03. The molecule has 2 aromatic rings. The average Bonchev–Trinajstić information content (AvgIpc) is 3.08. The number of rotatable bonds is 9. The molecule has 5 N–H and O–H groups in total. The number of carbonyl (C=O) groups is 2. The lowest BCUT2D eigenvalue weighted by atomic mass is 10.2. The number of aryl methyl sites for hydroxylation is 1. The largest absolute Gasteiger partial charge is 0.480 e. The number of benzene rings is 1. The number of imidazole rings is 1. The van der Waals surface area contributed by atoms with Crippen LogP contribution in [-0.4, -0.2) is 46.2 Å². The number of carbonyl (C=O) groups excluding carboxylic acids is 1. The topological polar surface area (TPSA) is 119 Å². The highest BCUT2D eigenvalue weighted by atomic mass is 16.4. The highest BCUT2D eigenvalue weighted by Crippen LogP contribution is 2.12. The van der Waals surface area contributed by atoms with Crippen LogP contribution < -0.4 is 16.0 Å². The summed E-state index contributed by atoms with van der Waals surface area (Å²) in [5.74, 6) is -1.09. The number of carboxylic acids is 1. The van der Waals surface area contributed by atoms with Crippen molar-refractivity contribution < 1.29 is 14.7 Å². The quantitative estimate of drug-likeness (QED) is 0.441. The summed E-state index contributed by atoms with van der Waals surface area (Å²) in [6.07, 6.45) is 3.88. The Morgan fingerprint density at radius 1 is 1.28 bits per heavy atom. The lowest BCUT2D eigenvalue weighted by molar-refractivity contribution is -0.139. The number of carboxylic acid groups (broad SMARTS) is 1. The van der Waals surface area contributed by atoms with E-state index in [-0.39, 0.29) is 6.42 Å². The van der Waals surface area contributed by atoms with Gasteiger partial charge in [-0.3, -0.25) is 0 Å². The van der Waals surface area contributed by atoms with Gasteiger partial charge in [0.15, 0.2) is 0 Å². The predicted octanol–water partition coefficient (Wildman–Crippen LogP) is 1.52. The number of hydrogen-bond acceptors (Lipinski definition) is 4. The minimum Gasteiger partial charge on any atom is -0.480 e. The molecule has 134 valence electrons. The molecule has 0 aliphatic carbocycles. The van der Waals surface area contributed by atoms with Gasteiger partial charge in [0.1, 0.15) is 6.04 Å². The average molecular weight is 345 g/mol. The van der Waals surface area contributed by atoms with Gasteiger partial charge in [0.05, 0.1) is 6.33 Å². The summed E-state index contributed by atoms with van der Waals surface area (Å²) in [6, 6.07) is 6.47. The Balaban J connectivity index is 1.67. The maximum Gasteiger partial charge on any atom is 0.326 e. The van der Waals surface area contributed by atoms with E-state index >= 15 is 0 Å². The summed E-state index contributed by atoms with van der Waals surface area (Å²) in [6.45, 7) is 3.18. The van der Waals surface area contributed by atoms with E-state index in [1.807, 2.05) is 31.2 Å². The molecule has 1 aromatic carbocycles. The molecular weight excluding hydrogens is 322 g/mol. The van der Waals surface area contributed by atoms with Crippen molar-refractivity contribution in [1.82, 2.24) is 20.6 Å². The number of hydrogen-bond donors (Lipinski definition) is 5. The molecule has 1 atom stereocenters. The predicted molar refractivity (Wildman–Crippen MR) is 94.5 cm³/mol. The van der Waals surface area contributed by atoms with Crippen molar-refractivity contribution in [2.45, 2.75) is 25.8 Å². The van der Waals surface area contributed by atoms with E-state index in [0.717, 1.165) is 17.7 Å². The van der Waals surface area contributed by atoms with Crippen LogP contribution in [0.15, 0.2) is 36.8 Å². The van der Waals surface area contributed by atoms with Crippen molar-refractivity contribution >= 4 is 17.7 Å². The standard InChI is InChI=1S/C17H23N5O3/c1-12-5-2-3-6-14(12)19-7-4-8-20-17(25)22-15(16(23)24)9-13-10-18-11-21-13/h2-3,5-6,10-11,15,19H,4,7-9H2,1H3,(H,18,21)(H,23,24)(H2,20,22,25). The van der Waals surface area contributed by atoms with Crippen molar-refractivity contribution in [3.05, 3.63) is 48.0 Å². The Kier molecular flexibility index (Phi) is 6.82. The Morgan fingerprint density at radius 3 is 2.76 bits per heavy atom. The molecule has 0 spiro atoms. The van der Waals surface area contributed by atoms with Crippen LogP contribution in [0.3, 0.4) is 0 Å². The molecule has 0 aliphatic heterocycles. The van der Waals surface area contributed by atoms with E-state index in [1.54, 1.807) is 0 Å². The number of aliphatic carboxylic acids is 1. The van der Waals surface area contributed by atoms with Crippen molar-refractivity contribution in [3.63, 3.8) is 0 Å². The minimum atomic E-state index is -1.09. The summed E-state index contributed by atoms with van der Waals surface area (Å²) in [5, 5.41) is 17.6. The van der Waals surface area contributed by atoms with E-state index in [4.69, 9.17) is 0 Å². The van der Waals surface area contributed by atoms with E-state index in [0.29, 0.717) is 18.8 Å². The molecule has 0 aliphatic rings. The molecule has 0 fully saturated rings. The summed E-state index contributed by atoms with van der Waals surface area (Å²) < 4.78 is 0. The molecule has 1 aromatic heterocycles. The first-order valence-electron chi connectivity index (χ1n) is 8.10. The van der Waals surface area contributed by atoms with Gasteiger partial charge in [-0.05, 0) is 25.0 Å². The fourth-order valence-corrected chi connectivity index (χ4v) is 2.31. The van der Waals surface area contributed by atoms with E-state index in [2.05, 4.69) is 25.9 Å². The van der Waals surface area contributed by atoms with Crippen LogP contribution in [0.25, 0.3) is 0 Å². The first-order valence-corrected chi connectivity index (χ1v) is 8.10. The first-order chi connectivity index (χ1) is 12.1. The molecule has 0 bridgehead atoms. The second kappa shape index (κ2) is 9.31. The molecule has 8 nitrogen and oxygen atoms in total. The van der Waals surface area contributed by atoms with E-state index < -0.39 is 18.0 Å². The fourth-order valence-electron chi connectivity index (χ4n) is 2.31. The summed E-state index contributed by atoms with van der Waals surface area (Å²) >= 11 is 0. The maximum atomic E-state index is 11.8. The lowest BCUT2D eigenvalue weighted by Crippen LogP contribution is -2.47. The van der Waals surface area contributed by atoms with Crippen LogP contribution in [0.5, 0.6) is 0 Å². The van der Waals surface area contributed by atoms with E-state index in [9.17, 15) is 14.7 Å². The van der Waals surface area contributed by atoms with Crippen LogP contribution in [0.1, 0.15) is 17.7 Å².